The highest BCUT2D eigenvalue weighted by atomic mass is 32.2. The first-order chi connectivity index (χ1) is 11.1. The minimum atomic E-state index is -0.283. The molecule has 1 aromatic heterocycles. The van der Waals surface area contributed by atoms with Gasteiger partial charge in [-0.3, -0.25) is 14.2 Å². The number of aromatic nitrogens is 2. The molecule has 0 unspecified atom stereocenters. The highest BCUT2D eigenvalue weighted by Gasteiger charge is 2.22. The summed E-state index contributed by atoms with van der Waals surface area (Å²) >= 11 is 1.54. The highest BCUT2D eigenvalue weighted by molar-refractivity contribution is 7.99. The van der Waals surface area contributed by atoms with Crippen molar-refractivity contribution in [2.45, 2.75) is 31.6 Å². The van der Waals surface area contributed by atoms with E-state index < -0.39 is 0 Å². The largest absolute Gasteiger partial charge is 0.337 e. The number of fused-ring (bicyclic) bond motifs is 1. The number of rotatable bonds is 4. The Labute approximate surface area is 139 Å². The van der Waals surface area contributed by atoms with E-state index in [-0.39, 0.29) is 17.0 Å². The van der Waals surface area contributed by atoms with Crippen molar-refractivity contribution in [1.29, 1.82) is 0 Å². The predicted molar refractivity (Wildman–Crippen MR) is 90.8 cm³/mol. The number of benzene rings is 1. The lowest BCUT2D eigenvalue weighted by molar-refractivity contribution is 0.0781. The Balaban J connectivity index is 1.78. The van der Waals surface area contributed by atoms with Crippen LogP contribution in [0.15, 0.2) is 40.4 Å². The van der Waals surface area contributed by atoms with Crippen LogP contribution in [0.1, 0.15) is 28.4 Å². The summed E-state index contributed by atoms with van der Waals surface area (Å²) in [5.74, 6) is 0.550. The monoisotopic (exact) mass is 329 g/mol. The van der Waals surface area contributed by atoms with E-state index in [2.05, 4.69) is 24.0 Å². The van der Waals surface area contributed by atoms with E-state index in [9.17, 15) is 9.59 Å². The molecule has 1 amide bonds. The maximum Gasteiger partial charge on any atom is 0.267 e. The number of carbonyl (C=O) groups is 1. The quantitative estimate of drug-likeness (QED) is 0.807. The Kier molecular flexibility index (Phi) is 4.52. The fourth-order valence-electron chi connectivity index (χ4n) is 2.60. The molecule has 0 fully saturated rings. The van der Waals surface area contributed by atoms with Crippen molar-refractivity contribution < 1.29 is 4.79 Å². The summed E-state index contributed by atoms with van der Waals surface area (Å²) in [5.41, 5.74) is 2.21. The molecule has 5 nitrogen and oxygen atoms in total. The first kappa shape index (κ1) is 15.8. The van der Waals surface area contributed by atoms with E-state index in [1.807, 2.05) is 12.1 Å². The third kappa shape index (κ3) is 3.17. The molecule has 0 radical (unpaired) electrons. The van der Waals surface area contributed by atoms with Gasteiger partial charge in [0.15, 0.2) is 5.16 Å². The molecule has 1 aromatic carbocycles. The van der Waals surface area contributed by atoms with Crippen LogP contribution in [0, 0.1) is 0 Å². The van der Waals surface area contributed by atoms with Gasteiger partial charge in [0, 0.05) is 32.1 Å². The number of carbonyl (C=O) groups excluding carboxylic acids is 1. The zero-order chi connectivity index (χ0) is 16.4. The van der Waals surface area contributed by atoms with Gasteiger partial charge >= 0.3 is 0 Å². The number of hydrogen-bond acceptors (Lipinski definition) is 4. The van der Waals surface area contributed by atoms with Gasteiger partial charge in [-0.1, -0.05) is 43.0 Å². The molecule has 0 spiro atoms. The Morgan fingerprint density at radius 1 is 1.30 bits per heavy atom. The van der Waals surface area contributed by atoms with Crippen molar-refractivity contribution in [3.63, 3.8) is 0 Å². The molecule has 0 atom stereocenters. The van der Waals surface area contributed by atoms with Crippen molar-refractivity contribution in [3.8, 4) is 0 Å². The highest BCUT2D eigenvalue weighted by Crippen LogP contribution is 2.20. The molecule has 6 heteroatoms. The number of thioether (sulfide) groups is 1. The summed E-state index contributed by atoms with van der Waals surface area (Å²) in [6.45, 7) is 3.20. The van der Waals surface area contributed by atoms with Crippen LogP contribution < -0.4 is 5.56 Å². The first-order valence-electron chi connectivity index (χ1n) is 7.66. The van der Waals surface area contributed by atoms with Gasteiger partial charge in [0.25, 0.3) is 11.5 Å². The summed E-state index contributed by atoms with van der Waals surface area (Å²) in [5, 5.41) is 0.698. The van der Waals surface area contributed by atoms with Crippen molar-refractivity contribution in [2.75, 3.05) is 12.8 Å². The van der Waals surface area contributed by atoms with Crippen molar-refractivity contribution in [1.82, 2.24) is 14.5 Å². The van der Waals surface area contributed by atoms with Crippen LogP contribution in [0.25, 0.3) is 0 Å². The zero-order valence-electron chi connectivity index (χ0n) is 13.3. The van der Waals surface area contributed by atoms with Crippen molar-refractivity contribution in [2.24, 2.45) is 0 Å². The lowest BCUT2D eigenvalue weighted by Gasteiger charge is -2.17. The van der Waals surface area contributed by atoms with Crippen LogP contribution in [0.4, 0.5) is 0 Å². The molecule has 1 aliphatic heterocycles. The Hall–Kier alpha value is -2.08. The summed E-state index contributed by atoms with van der Waals surface area (Å²) in [6.07, 6.45) is 2.40. The smallest absolute Gasteiger partial charge is 0.267 e. The predicted octanol–water partition coefficient (Wildman–Crippen LogP) is 2.18. The van der Waals surface area contributed by atoms with Gasteiger partial charge in [-0.25, -0.2) is 4.98 Å². The molecule has 0 saturated heterocycles. The van der Waals surface area contributed by atoms with Gasteiger partial charge in [-0.05, 0) is 17.5 Å². The Bertz CT molecular complexity index is 783. The van der Waals surface area contributed by atoms with E-state index in [0.29, 0.717) is 18.2 Å². The molecule has 1 aliphatic rings. The average Bonchev–Trinajstić information content (AvgIpc) is 3.05. The van der Waals surface area contributed by atoms with E-state index >= 15 is 0 Å². The molecule has 2 heterocycles. The third-order valence-corrected chi connectivity index (χ3v) is 4.96. The van der Waals surface area contributed by atoms with Gasteiger partial charge in [-0.2, -0.15) is 0 Å². The molecule has 0 bridgehead atoms. The second-order valence-corrected chi connectivity index (χ2v) is 6.65. The fourth-order valence-corrected chi connectivity index (χ4v) is 3.51. The number of amides is 1. The topological polar surface area (TPSA) is 55.2 Å². The molecular weight excluding hydrogens is 310 g/mol. The van der Waals surface area contributed by atoms with Gasteiger partial charge < -0.3 is 4.90 Å². The normalized spacial score (nSPS) is 13.0. The first-order valence-corrected chi connectivity index (χ1v) is 8.64. The van der Waals surface area contributed by atoms with Crippen LogP contribution in [-0.2, 0) is 19.5 Å². The van der Waals surface area contributed by atoms with Crippen LogP contribution in [0.3, 0.4) is 0 Å². The Morgan fingerprint density at radius 2 is 2.00 bits per heavy atom. The third-order valence-electron chi connectivity index (χ3n) is 3.98. The van der Waals surface area contributed by atoms with Gasteiger partial charge in [-0.15, -0.1) is 0 Å². The van der Waals surface area contributed by atoms with E-state index in [1.54, 1.807) is 28.3 Å². The molecule has 2 aromatic rings. The molecule has 0 N–H and O–H groups in total. The summed E-state index contributed by atoms with van der Waals surface area (Å²) in [6, 6.07) is 8.17. The van der Waals surface area contributed by atoms with E-state index in [4.69, 9.17) is 0 Å². The number of aryl methyl sites for hydroxylation is 1. The SMILES string of the molecule is CCc1ccc(CN(C)C(=O)c2cnc3n(c2=O)CCS3)cc1. The van der Waals surface area contributed by atoms with E-state index in [0.717, 1.165) is 17.7 Å². The summed E-state index contributed by atoms with van der Waals surface area (Å²) < 4.78 is 1.59. The molecule has 120 valence electrons. The molecular formula is C17H19N3O2S. The van der Waals surface area contributed by atoms with Gasteiger partial charge in [0.05, 0.1) is 0 Å². The molecule has 3 rings (SSSR count). The zero-order valence-corrected chi connectivity index (χ0v) is 14.1. The minimum Gasteiger partial charge on any atom is -0.337 e. The summed E-state index contributed by atoms with van der Waals surface area (Å²) in [4.78, 5) is 30.8. The molecule has 0 aliphatic carbocycles. The van der Waals surface area contributed by atoms with Crippen molar-refractivity contribution >= 4 is 17.7 Å². The van der Waals surface area contributed by atoms with Gasteiger partial charge in [0.2, 0.25) is 0 Å². The maximum atomic E-state index is 12.6. The second kappa shape index (κ2) is 6.58. The number of hydrogen-bond donors (Lipinski definition) is 0. The van der Waals surface area contributed by atoms with Crippen molar-refractivity contribution in [3.05, 3.63) is 57.5 Å². The van der Waals surface area contributed by atoms with E-state index in [1.165, 1.54) is 11.8 Å². The number of nitrogens with zero attached hydrogens (tertiary/aromatic N) is 3. The van der Waals surface area contributed by atoms with Gasteiger partial charge in [0.1, 0.15) is 5.56 Å². The average molecular weight is 329 g/mol. The van der Waals surface area contributed by atoms with Crippen LogP contribution in [0.5, 0.6) is 0 Å². The lowest BCUT2D eigenvalue weighted by atomic mass is 10.1. The minimum absolute atomic E-state index is 0.143. The van der Waals surface area contributed by atoms with Crippen LogP contribution >= 0.6 is 11.8 Å². The molecule has 0 saturated carbocycles. The fraction of sp³-hybridized carbons (Fsp3) is 0.353. The second-order valence-electron chi connectivity index (χ2n) is 5.59. The maximum absolute atomic E-state index is 12.6. The van der Waals surface area contributed by atoms with Crippen LogP contribution in [0.2, 0.25) is 0 Å². The van der Waals surface area contributed by atoms with Crippen LogP contribution in [-0.4, -0.2) is 33.2 Å². The summed E-state index contributed by atoms with van der Waals surface area (Å²) in [7, 11) is 1.71. The lowest BCUT2D eigenvalue weighted by Crippen LogP contribution is -2.34. The molecule has 23 heavy (non-hydrogen) atoms. The Morgan fingerprint density at radius 3 is 2.70 bits per heavy atom. The standard InChI is InChI=1S/C17H19N3O2S/c1-3-12-4-6-13(7-5-12)11-19(2)15(21)14-10-18-17-20(16(14)22)8-9-23-17/h4-7,10H,3,8-9,11H2,1-2H3.